The van der Waals surface area contributed by atoms with E-state index in [1.807, 2.05) is 19.1 Å². The monoisotopic (exact) mass is 466 g/mol. The van der Waals surface area contributed by atoms with E-state index in [9.17, 15) is 4.79 Å². The van der Waals surface area contributed by atoms with Crippen LogP contribution in [0.25, 0.3) is 3.59 Å². The summed E-state index contributed by atoms with van der Waals surface area (Å²) in [5.74, 6) is -0.234. The predicted octanol–water partition coefficient (Wildman–Crippen LogP) is 7.26. The van der Waals surface area contributed by atoms with E-state index >= 15 is 0 Å². The van der Waals surface area contributed by atoms with Crippen LogP contribution in [0.2, 0.25) is 13.3 Å². The minimum absolute atomic E-state index is 0.234. The number of rotatable bonds is 13. The van der Waals surface area contributed by atoms with E-state index in [4.69, 9.17) is 4.74 Å². The van der Waals surface area contributed by atoms with Gasteiger partial charge in [0.05, 0.1) is 0 Å². The van der Waals surface area contributed by atoms with Crippen molar-refractivity contribution in [1.82, 2.24) is 0 Å². The summed E-state index contributed by atoms with van der Waals surface area (Å²) in [4.78, 5) is 11.9. The van der Waals surface area contributed by atoms with E-state index in [1.54, 1.807) is 0 Å². The second-order valence-corrected chi connectivity index (χ2v) is 20.7. The van der Waals surface area contributed by atoms with Gasteiger partial charge in [-0.3, -0.25) is 0 Å². The van der Waals surface area contributed by atoms with Gasteiger partial charge in [-0.2, -0.15) is 0 Å². The first-order valence-electron chi connectivity index (χ1n) is 10.5. The normalized spacial score (nSPS) is 11.4. The standard InChI is InChI=1S/C11H11O2.3C4H9.Sn/c1-3-9-5-7-10(8-6-9)11(12)13-4-2;3*1-3-4-2;/h5-8H,1,4H2,2H3;3*1,3-4H2,2H3;. The SMILES string of the molecule is C=[C](c1ccc(C(=O)OCC)cc1)[Sn]([CH2]CCC)([CH2]CCC)[CH2]CCC. The third kappa shape index (κ3) is 6.75. The van der Waals surface area contributed by atoms with Gasteiger partial charge in [0.25, 0.3) is 0 Å². The molecule has 0 N–H and O–H groups in total. The molecule has 1 rings (SSSR count). The molecule has 0 saturated heterocycles. The number of hydrogen-bond acceptors (Lipinski definition) is 2. The molecule has 0 saturated carbocycles. The first kappa shape index (κ1) is 23.3. The second kappa shape index (κ2) is 12.6. The van der Waals surface area contributed by atoms with Crippen LogP contribution in [0.5, 0.6) is 0 Å². The fourth-order valence-electron chi connectivity index (χ4n) is 3.70. The molecular formula is C23H38O2Sn. The summed E-state index contributed by atoms with van der Waals surface area (Å²) in [5.41, 5.74) is 1.90. The number of carbonyl (C=O) groups is 1. The van der Waals surface area contributed by atoms with Crippen LogP contribution in [0.3, 0.4) is 0 Å². The van der Waals surface area contributed by atoms with Crippen molar-refractivity contribution in [2.24, 2.45) is 0 Å². The quantitative estimate of drug-likeness (QED) is 0.226. The summed E-state index contributed by atoms with van der Waals surface area (Å²) in [6, 6.07) is 8.03. The van der Waals surface area contributed by atoms with E-state index in [0.29, 0.717) is 12.2 Å². The summed E-state index contributed by atoms with van der Waals surface area (Å²) < 4.78 is 10.8. The van der Waals surface area contributed by atoms with Gasteiger partial charge in [0.1, 0.15) is 0 Å². The fourth-order valence-corrected chi connectivity index (χ4v) is 19.5. The molecule has 0 heterocycles. The number of benzene rings is 1. The Balaban J connectivity index is 3.09. The number of unbranched alkanes of at least 4 members (excludes halogenated alkanes) is 3. The summed E-state index contributed by atoms with van der Waals surface area (Å²) in [7, 11) is 0. The molecule has 0 unspecified atom stereocenters. The zero-order valence-electron chi connectivity index (χ0n) is 17.4. The van der Waals surface area contributed by atoms with Crippen LogP contribution >= 0.6 is 0 Å². The van der Waals surface area contributed by atoms with Crippen LogP contribution in [-0.4, -0.2) is 31.0 Å². The van der Waals surface area contributed by atoms with E-state index in [2.05, 4.69) is 39.5 Å². The molecule has 0 amide bonds. The van der Waals surface area contributed by atoms with Crippen LogP contribution in [0.4, 0.5) is 0 Å². The Bertz CT molecular complexity index is 526. The van der Waals surface area contributed by atoms with Gasteiger partial charge in [-0.05, 0) is 0 Å². The van der Waals surface area contributed by atoms with Crippen molar-refractivity contribution in [1.29, 1.82) is 0 Å². The van der Waals surface area contributed by atoms with Crippen molar-refractivity contribution >= 4 is 27.9 Å². The molecule has 0 radical (unpaired) electrons. The van der Waals surface area contributed by atoms with Gasteiger partial charge in [0.2, 0.25) is 0 Å². The zero-order chi connectivity index (χ0) is 19.4. The van der Waals surface area contributed by atoms with E-state index in [-0.39, 0.29) is 5.97 Å². The first-order valence-corrected chi connectivity index (χ1v) is 18.0. The van der Waals surface area contributed by atoms with Crippen LogP contribution in [-0.2, 0) is 4.74 Å². The Hall–Kier alpha value is -0.771. The fraction of sp³-hybridized carbons (Fsp3) is 0.609. The van der Waals surface area contributed by atoms with Gasteiger partial charge in [-0.25, -0.2) is 0 Å². The zero-order valence-corrected chi connectivity index (χ0v) is 20.3. The molecule has 1 aromatic carbocycles. The molecular weight excluding hydrogens is 427 g/mol. The Morgan fingerprint density at radius 1 is 0.846 bits per heavy atom. The van der Waals surface area contributed by atoms with Crippen LogP contribution < -0.4 is 0 Å². The van der Waals surface area contributed by atoms with Gasteiger partial charge in [-0.1, -0.05) is 0 Å². The van der Waals surface area contributed by atoms with Crippen LogP contribution in [0.1, 0.15) is 82.1 Å². The van der Waals surface area contributed by atoms with Gasteiger partial charge in [0.15, 0.2) is 0 Å². The topological polar surface area (TPSA) is 26.3 Å². The molecule has 0 bridgehead atoms. The molecule has 0 aliphatic heterocycles. The van der Waals surface area contributed by atoms with Crippen LogP contribution in [0.15, 0.2) is 30.8 Å². The molecule has 0 fully saturated rings. The van der Waals surface area contributed by atoms with E-state index in [1.165, 1.54) is 61.0 Å². The summed E-state index contributed by atoms with van der Waals surface area (Å²) in [6.45, 7) is 13.8. The second-order valence-electron chi connectivity index (χ2n) is 7.37. The third-order valence-corrected chi connectivity index (χ3v) is 21.1. The Morgan fingerprint density at radius 3 is 1.65 bits per heavy atom. The molecule has 146 valence electrons. The van der Waals surface area contributed by atoms with Crippen molar-refractivity contribution in [2.75, 3.05) is 6.61 Å². The molecule has 0 aliphatic rings. The van der Waals surface area contributed by atoms with Crippen molar-refractivity contribution in [3.8, 4) is 0 Å². The van der Waals surface area contributed by atoms with Crippen molar-refractivity contribution in [3.05, 3.63) is 42.0 Å². The van der Waals surface area contributed by atoms with Crippen molar-refractivity contribution < 1.29 is 9.53 Å². The first-order chi connectivity index (χ1) is 12.5. The molecule has 0 atom stereocenters. The van der Waals surface area contributed by atoms with E-state index in [0.717, 1.165) is 0 Å². The number of hydrogen-bond donors (Lipinski definition) is 0. The average Bonchev–Trinajstić information content (AvgIpc) is 2.67. The number of esters is 1. The number of carbonyl (C=O) groups excluding carboxylic acids is 1. The van der Waals surface area contributed by atoms with Crippen molar-refractivity contribution in [3.63, 3.8) is 0 Å². The molecule has 2 nitrogen and oxygen atoms in total. The van der Waals surface area contributed by atoms with Gasteiger partial charge in [-0.15, -0.1) is 0 Å². The maximum absolute atomic E-state index is 11.9. The molecule has 0 aromatic heterocycles. The van der Waals surface area contributed by atoms with Crippen molar-refractivity contribution in [2.45, 2.75) is 79.5 Å². The molecule has 26 heavy (non-hydrogen) atoms. The minimum atomic E-state index is -2.47. The Kier molecular flexibility index (Phi) is 11.3. The van der Waals surface area contributed by atoms with Gasteiger partial charge >= 0.3 is 166 Å². The van der Waals surface area contributed by atoms with Crippen LogP contribution in [0, 0.1) is 0 Å². The molecule has 0 aliphatic carbocycles. The third-order valence-electron chi connectivity index (χ3n) is 5.41. The molecule has 1 aromatic rings. The summed E-state index contributed by atoms with van der Waals surface area (Å²) >= 11 is -2.47. The predicted molar refractivity (Wildman–Crippen MR) is 116 cm³/mol. The van der Waals surface area contributed by atoms with Gasteiger partial charge in [0, 0.05) is 0 Å². The Morgan fingerprint density at radius 2 is 1.27 bits per heavy atom. The summed E-state index contributed by atoms with van der Waals surface area (Å²) in [5, 5.41) is 0. The molecule has 0 spiro atoms. The summed E-state index contributed by atoms with van der Waals surface area (Å²) in [6.07, 6.45) is 7.82. The molecule has 3 heteroatoms. The Labute approximate surface area is 165 Å². The maximum atomic E-state index is 11.9. The van der Waals surface area contributed by atoms with E-state index < -0.39 is 18.4 Å². The average molecular weight is 465 g/mol. The van der Waals surface area contributed by atoms with Gasteiger partial charge < -0.3 is 0 Å². The number of ether oxygens (including phenoxy) is 1.